The lowest BCUT2D eigenvalue weighted by Gasteiger charge is -2.32. The molecule has 0 bridgehead atoms. The first-order valence-corrected chi connectivity index (χ1v) is 14.5. The summed E-state index contributed by atoms with van der Waals surface area (Å²) in [5, 5.41) is 14.7. The van der Waals surface area contributed by atoms with E-state index in [9.17, 15) is 9.59 Å². The van der Waals surface area contributed by atoms with Crippen molar-refractivity contribution < 1.29 is 14.1 Å². The highest BCUT2D eigenvalue weighted by Gasteiger charge is 2.28. The average molecular weight is 569 g/mol. The molecule has 1 aliphatic heterocycles. The van der Waals surface area contributed by atoms with E-state index in [1.54, 1.807) is 18.5 Å². The van der Waals surface area contributed by atoms with Crippen LogP contribution >= 0.6 is 0 Å². The maximum atomic E-state index is 13.1. The molecule has 0 atom stereocenters. The largest absolute Gasteiger partial charge is 0.361 e. The quantitative estimate of drug-likeness (QED) is 0.265. The number of aromatic nitrogens is 3. The summed E-state index contributed by atoms with van der Waals surface area (Å²) in [5.41, 5.74) is 5.87. The fraction of sp³-hybridized carbons (Fsp3) is 0.394. The van der Waals surface area contributed by atoms with Crippen LogP contribution in [0, 0.1) is 26.7 Å². The van der Waals surface area contributed by atoms with Crippen molar-refractivity contribution in [1.29, 1.82) is 0 Å². The van der Waals surface area contributed by atoms with Gasteiger partial charge in [0, 0.05) is 30.3 Å². The summed E-state index contributed by atoms with van der Waals surface area (Å²) in [5.74, 6) is 1.64. The number of nitrogens with one attached hydrogen (secondary N) is 2. The Morgan fingerprint density at radius 3 is 2.33 bits per heavy atom. The molecule has 0 aliphatic carbocycles. The maximum absolute atomic E-state index is 13.1. The highest BCUT2D eigenvalue weighted by molar-refractivity contribution is 5.99. The van der Waals surface area contributed by atoms with Crippen LogP contribution in [0.4, 0.5) is 16.3 Å². The van der Waals surface area contributed by atoms with Gasteiger partial charge in [-0.25, -0.2) is 9.48 Å². The number of anilines is 2. The molecule has 2 N–H and O–H groups in total. The molecule has 2 aromatic carbocycles. The van der Waals surface area contributed by atoms with Crippen molar-refractivity contribution in [3.05, 3.63) is 88.4 Å². The second-order valence-electron chi connectivity index (χ2n) is 12.3. The van der Waals surface area contributed by atoms with Crippen LogP contribution in [0.2, 0.25) is 0 Å². The number of rotatable bonds is 6. The second-order valence-corrected chi connectivity index (χ2v) is 12.3. The van der Waals surface area contributed by atoms with Crippen LogP contribution in [0.1, 0.15) is 72.2 Å². The standard InChI is InChI=1S/C33H40N6O3/c1-21-10-12-27(13-11-21)39-29(20-28(36-39)33(4,5)6)35-32(41)34-26-9-7-8-25(19-26)18-24-14-16-38(17-15-24)31(40)30-22(2)37-42-23(30)3/h7-13,19-20,24H,14-18H2,1-6H3,(H2,34,35,41). The van der Waals surface area contributed by atoms with Crippen LogP contribution in [-0.4, -0.2) is 44.9 Å². The highest BCUT2D eigenvalue weighted by atomic mass is 16.5. The van der Waals surface area contributed by atoms with Crippen molar-refractivity contribution >= 4 is 23.4 Å². The molecule has 220 valence electrons. The maximum Gasteiger partial charge on any atom is 0.324 e. The van der Waals surface area contributed by atoms with E-state index in [1.807, 2.05) is 60.4 Å². The number of nitrogens with zero attached hydrogens (tertiary/aromatic N) is 4. The smallest absolute Gasteiger partial charge is 0.324 e. The Morgan fingerprint density at radius 2 is 1.69 bits per heavy atom. The molecule has 0 unspecified atom stereocenters. The minimum absolute atomic E-state index is 0.000233. The number of urea groups is 1. The van der Waals surface area contributed by atoms with Gasteiger partial charge in [0.25, 0.3) is 5.91 Å². The monoisotopic (exact) mass is 568 g/mol. The summed E-state index contributed by atoms with van der Waals surface area (Å²) in [6.45, 7) is 13.3. The first-order chi connectivity index (χ1) is 20.0. The van der Waals surface area contributed by atoms with E-state index < -0.39 is 0 Å². The molecule has 3 heterocycles. The van der Waals surface area contributed by atoms with E-state index >= 15 is 0 Å². The molecular formula is C33H40N6O3. The molecule has 1 aliphatic rings. The van der Waals surface area contributed by atoms with Crippen molar-refractivity contribution in [1.82, 2.24) is 19.8 Å². The van der Waals surface area contributed by atoms with E-state index in [1.165, 1.54) is 0 Å². The summed E-state index contributed by atoms with van der Waals surface area (Å²) in [6, 6.07) is 17.6. The molecule has 0 radical (unpaired) electrons. The molecule has 5 rings (SSSR count). The Labute approximate surface area is 247 Å². The zero-order valence-electron chi connectivity index (χ0n) is 25.3. The van der Waals surface area contributed by atoms with Gasteiger partial charge in [0.15, 0.2) is 0 Å². The second kappa shape index (κ2) is 11.8. The number of likely N-dealkylation sites (tertiary alicyclic amines) is 1. The number of hydrogen-bond acceptors (Lipinski definition) is 5. The lowest BCUT2D eigenvalue weighted by molar-refractivity contribution is 0.0688. The average Bonchev–Trinajstić information content (AvgIpc) is 3.52. The Morgan fingerprint density at radius 1 is 0.976 bits per heavy atom. The lowest BCUT2D eigenvalue weighted by atomic mass is 9.89. The van der Waals surface area contributed by atoms with Crippen LogP contribution in [0.3, 0.4) is 0 Å². The highest BCUT2D eigenvalue weighted by Crippen LogP contribution is 2.28. The van der Waals surface area contributed by atoms with Crippen molar-refractivity contribution in [3.8, 4) is 5.69 Å². The predicted molar refractivity (Wildman–Crippen MR) is 164 cm³/mol. The zero-order chi connectivity index (χ0) is 30.0. The number of piperidine rings is 1. The third kappa shape index (κ3) is 6.56. The van der Waals surface area contributed by atoms with Crippen molar-refractivity contribution in [2.24, 2.45) is 5.92 Å². The fourth-order valence-corrected chi connectivity index (χ4v) is 5.39. The van der Waals surface area contributed by atoms with Crippen LogP contribution in [0.5, 0.6) is 0 Å². The molecule has 42 heavy (non-hydrogen) atoms. The molecule has 9 nitrogen and oxygen atoms in total. The van der Waals surface area contributed by atoms with Crippen molar-refractivity contribution in [2.45, 2.75) is 66.2 Å². The van der Waals surface area contributed by atoms with Gasteiger partial charge in [0.1, 0.15) is 17.1 Å². The van der Waals surface area contributed by atoms with Gasteiger partial charge in [-0.1, -0.05) is 55.8 Å². The van der Waals surface area contributed by atoms with Gasteiger partial charge in [-0.3, -0.25) is 10.1 Å². The molecule has 1 saturated heterocycles. The minimum Gasteiger partial charge on any atom is -0.361 e. The molecule has 0 saturated carbocycles. The number of hydrogen-bond donors (Lipinski definition) is 2. The van der Waals surface area contributed by atoms with Gasteiger partial charge in [-0.15, -0.1) is 0 Å². The fourth-order valence-electron chi connectivity index (χ4n) is 5.39. The molecule has 1 fully saturated rings. The van der Waals surface area contributed by atoms with E-state index in [-0.39, 0.29) is 17.4 Å². The number of carbonyl (C=O) groups is 2. The normalized spacial score (nSPS) is 14.2. The molecule has 3 amide bonds. The third-order valence-electron chi connectivity index (χ3n) is 7.86. The molecule has 0 spiro atoms. The summed E-state index contributed by atoms with van der Waals surface area (Å²) in [4.78, 5) is 28.0. The van der Waals surface area contributed by atoms with E-state index in [4.69, 9.17) is 9.62 Å². The lowest BCUT2D eigenvalue weighted by Crippen LogP contribution is -2.39. The topological polar surface area (TPSA) is 105 Å². The molecular weight excluding hydrogens is 528 g/mol. The first-order valence-electron chi connectivity index (χ1n) is 14.5. The van der Waals surface area contributed by atoms with Gasteiger partial charge >= 0.3 is 6.03 Å². The third-order valence-corrected chi connectivity index (χ3v) is 7.86. The van der Waals surface area contributed by atoms with Crippen molar-refractivity contribution in [3.63, 3.8) is 0 Å². The summed E-state index contributed by atoms with van der Waals surface area (Å²) < 4.78 is 6.96. The van der Waals surface area contributed by atoms with Gasteiger partial charge in [-0.2, -0.15) is 5.10 Å². The van der Waals surface area contributed by atoms with E-state index in [2.05, 4.69) is 42.6 Å². The minimum atomic E-state index is -0.327. The first kappa shape index (κ1) is 29.1. The van der Waals surface area contributed by atoms with E-state index in [0.717, 1.165) is 47.5 Å². The number of benzene rings is 2. The zero-order valence-corrected chi connectivity index (χ0v) is 25.3. The summed E-state index contributed by atoms with van der Waals surface area (Å²) >= 11 is 0. The Hall–Kier alpha value is -4.40. The summed E-state index contributed by atoms with van der Waals surface area (Å²) in [6.07, 6.45) is 2.73. The van der Waals surface area contributed by atoms with Gasteiger partial charge in [0.05, 0.1) is 17.1 Å². The Balaban J connectivity index is 1.21. The van der Waals surface area contributed by atoms with Gasteiger partial charge in [0.2, 0.25) is 0 Å². The Kier molecular flexibility index (Phi) is 8.20. The van der Waals surface area contributed by atoms with Gasteiger partial charge < -0.3 is 14.7 Å². The summed E-state index contributed by atoms with van der Waals surface area (Å²) in [7, 11) is 0. The van der Waals surface area contributed by atoms with Crippen LogP contribution in [-0.2, 0) is 11.8 Å². The molecule has 4 aromatic rings. The van der Waals surface area contributed by atoms with Gasteiger partial charge in [-0.05, 0) is 75.8 Å². The predicted octanol–water partition coefficient (Wildman–Crippen LogP) is 6.82. The number of aryl methyl sites for hydroxylation is 3. The number of carbonyl (C=O) groups excluding carboxylic acids is 2. The molecule has 9 heteroatoms. The van der Waals surface area contributed by atoms with E-state index in [0.29, 0.717) is 41.8 Å². The molecule has 2 aromatic heterocycles. The van der Waals surface area contributed by atoms with Crippen molar-refractivity contribution in [2.75, 3.05) is 23.7 Å². The Bertz CT molecular complexity index is 1550. The number of amides is 3. The van der Waals surface area contributed by atoms with Crippen LogP contribution in [0.15, 0.2) is 59.1 Å². The van der Waals surface area contributed by atoms with Crippen LogP contribution in [0.25, 0.3) is 5.69 Å². The van der Waals surface area contributed by atoms with Crippen LogP contribution < -0.4 is 10.6 Å². The SMILES string of the molecule is Cc1ccc(-n2nc(C(C)(C)C)cc2NC(=O)Nc2cccc(CC3CCN(C(=O)c4c(C)noc4C)CC3)c2)cc1.